The Balaban J connectivity index is 2.38. The highest BCUT2D eigenvalue weighted by molar-refractivity contribution is 6.31. The lowest BCUT2D eigenvalue weighted by molar-refractivity contribution is 0.505. The highest BCUT2D eigenvalue weighted by atomic mass is 35.5. The first-order valence-electron chi connectivity index (χ1n) is 6.98. The predicted molar refractivity (Wildman–Crippen MR) is 79.7 cm³/mol. The Labute approximate surface area is 124 Å². The number of nitrogens with zero attached hydrogens (tertiary/aromatic N) is 4. The van der Waals surface area contributed by atoms with Gasteiger partial charge in [0, 0.05) is 12.7 Å². The Morgan fingerprint density at radius 3 is 2.85 bits per heavy atom. The molecule has 2 heterocycles. The molecule has 0 aliphatic rings. The van der Waals surface area contributed by atoms with Crippen LogP contribution in [-0.2, 0) is 6.54 Å². The highest BCUT2D eigenvalue weighted by Gasteiger charge is 2.22. The molecule has 0 aliphatic carbocycles. The van der Waals surface area contributed by atoms with Crippen LogP contribution in [0.1, 0.15) is 44.1 Å². The van der Waals surface area contributed by atoms with Gasteiger partial charge in [-0.15, -0.1) is 0 Å². The van der Waals surface area contributed by atoms with Crippen molar-refractivity contribution in [2.45, 2.75) is 39.3 Å². The second kappa shape index (κ2) is 7.36. The van der Waals surface area contributed by atoms with Crippen LogP contribution >= 0.6 is 11.6 Å². The fraction of sp³-hybridized carbons (Fsp3) is 0.500. The second-order valence-corrected chi connectivity index (χ2v) is 5.03. The molecule has 0 aromatic carbocycles. The Bertz CT molecular complexity index is 526. The quantitative estimate of drug-likeness (QED) is 0.853. The molecule has 2 rings (SSSR count). The Morgan fingerprint density at radius 1 is 1.35 bits per heavy atom. The summed E-state index contributed by atoms with van der Waals surface area (Å²) in [5, 5.41) is 8.53. The van der Waals surface area contributed by atoms with Gasteiger partial charge in [-0.25, -0.2) is 9.97 Å². The maximum absolute atomic E-state index is 6.34. The molecule has 20 heavy (non-hydrogen) atoms. The van der Waals surface area contributed by atoms with Gasteiger partial charge in [0.2, 0.25) is 0 Å². The van der Waals surface area contributed by atoms with Crippen LogP contribution in [0.5, 0.6) is 0 Å². The average molecular weight is 294 g/mol. The molecular weight excluding hydrogens is 274 g/mol. The summed E-state index contributed by atoms with van der Waals surface area (Å²) in [7, 11) is 0. The van der Waals surface area contributed by atoms with E-state index in [9.17, 15) is 0 Å². The van der Waals surface area contributed by atoms with Crippen molar-refractivity contribution in [3.05, 3.63) is 41.2 Å². The number of halogens is 1. The molecular formula is C14H20ClN5. The van der Waals surface area contributed by atoms with E-state index in [1.54, 1.807) is 18.7 Å². The minimum atomic E-state index is -0.0560. The Hall–Kier alpha value is -1.46. The highest BCUT2D eigenvalue weighted by Crippen LogP contribution is 2.27. The van der Waals surface area contributed by atoms with Crippen LogP contribution in [0.3, 0.4) is 0 Å². The minimum Gasteiger partial charge on any atom is -0.304 e. The molecule has 108 valence electrons. The first-order chi connectivity index (χ1) is 9.77. The third-order valence-electron chi connectivity index (χ3n) is 3.04. The van der Waals surface area contributed by atoms with Gasteiger partial charge in [-0.05, 0) is 25.5 Å². The SMILES string of the molecule is CCCNC(c1ccncn1)c1c(Cl)cnn1CCC. The van der Waals surface area contributed by atoms with E-state index < -0.39 is 0 Å². The summed E-state index contributed by atoms with van der Waals surface area (Å²) < 4.78 is 1.96. The second-order valence-electron chi connectivity index (χ2n) is 4.62. The molecule has 1 atom stereocenters. The van der Waals surface area contributed by atoms with E-state index in [-0.39, 0.29) is 6.04 Å². The van der Waals surface area contributed by atoms with Crippen LogP contribution < -0.4 is 5.32 Å². The van der Waals surface area contributed by atoms with Gasteiger partial charge >= 0.3 is 0 Å². The third kappa shape index (κ3) is 3.35. The summed E-state index contributed by atoms with van der Waals surface area (Å²) in [4.78, 5) is 8.33. The Morgan fingerprint density at radius 2 is 2.20 bits per heavy atom. The molecule has 0 aliphatic heterocycles. The van der Waals surface area contributed by atoms with Crippen LogP contribution in [-0.4, -0.2) is 26.3 Å². The van der Waals surface area contributed by atoms with Gasteiger partial charge in [0.15, 0.2) is 0 Å². The monoisotopic (exact) mass is 293 g/mol. The Kier molecular flexibility index (Phi) is 5.49. The fourth-order valence-corrected chi connectivity index (χ4v) is 2.40. The molecule has 0 spiro atoms. The van der Waals surface area contributed by atoms with Crippen LogP contribution in [0, 0.1) is 0 Å². The standard InChI is InChI=1S/C14H20ClN5/c1-3-6-17-13(12-5-7-16-10-18-12)14-11(15)9-19-20(14)8-4-2/h5,7,9-10,13,17H,3-4,6,8H2,1-2H3. The van der Waals surface area contributed by atoms with Gasteiger partial charge < -0.3 is 5.32 Å². The number of rotatable bonds is 7. The van der Waals surface area contributed by atoms with Crippen molar-refractivity contribution in [2.75, 3.05) is 6.54 Å². The summed E-state index contributed by atoms with van der Waals surface area (Å²) in [6.45, 7) is 5.99. The molecule has 0 fully saturated rings. The smallest absolute Gasteiger partial charge is 0.115 e. The summed E-state index contributed by atoms with van der Waals surface area (Å²) in [6, 6.07) is 1.85. The number of nitrogens with one attached hydrogen (secondary N) is 1. The summed E-state index contributed by atoms with van der Waals surface area (Å²) in [6.07, 6.45) is 7.06. The maximum Gasteiger partial charge on any atom is 0.115 e. The van der Waals surface area contributed by atoms with Crippen LogP contribution in [0.15, 0.2) is 24.8 Å². The summed E-state index contributed by atoms with van der Waals surface area (Å²) in [5.41, 5.74) is 1.88. The molecule has 6 heteroatoms. The first-order valence-corrected chi connectivity index (χ1v) is 7.36. The largest absolute Gasteiger partial charge is 0.304 e. The first kappa shape index (κ1) is 14.9. The molecule has 0 saturated carbocycles. The van der Waals surface area contributed by atoms with Crippen LogP contribution in [0.2, 0.25) is 5.02 Å². The number of aromatic nitrogens is 4. The average Bonchev–Trinajstić information content (AvgIpc) is 2.83. The summed E-state index contributed by atoms with van der Waals surface area (Å²) in [5.74, 6) is 0. The molecule has 2 aromatic rings. The number of hydrogen-bond acceptors (Lipinski definition) is 4. The fourth-order valence-electron chi connectivity index (χ4n) is 2.15. The zero-order chi connectivity index (χ0) is 14.4. The van der Waals surface area contributed by atoms with Crippen molar-refractivity contribution >= 4 is 11.6 Å². The molecule has 1 unspecified atom stereocenters. The van der Waals surface area contributed by atoms with E-state index in [2.05, 4.69) is 34.2 Å². The zero-order valence-electron chi connectivity index (χ0n) is 11.9. The summed E-state index contributed by atoms with van der Waals surface area (Å²) >= 11 is 6.34. The van der Waals surface area contributed by atoms with E-state index in [0.717, 1.165) is 37.3 Å². The van der Waals surface area contributed by atoms with Gasteiger partial charge in [0.05, 0.1) is 28.6 Å². The van der Waals surface area contributed by atoms with Gasteiger partial charge in [0.1, 0.15) is 6.33 Å². The number of aryl methyl sites for hydroxylation is 1. The van der Waals surface area contributed by atoms with Crippen molar-refractivity contribution in [1.29, 1.82) is 0 Å². The van der Waals surface area contributed by atoms with Crippen molar-refractivity contribution in [3.8, 4) is 0 Å². The van der Waals surface area contributed by atoms with Crippen molar-refractivity contribution in [2.24, 2.45) is 0 Å². The van der Waals surface area contributed by atoms with E-state index in [1.165, 1.54) is 0 Å². The molecule has 0 saturated heterocycles. The van der Waals surface area contributed by atoms with E-state index in [0.29, 0.717) is 5.02 Å². The molecule has 0 bridgehead atoms. The molecule has 5 nitrogen and oxygen atoms in total. The number of hydrogen-bond donors (Lipinski definition) is 1. The van der Waals surface area contributed by atoms with Gasteiger partial charge in [-0.1, -0.05) is 25.4 Å². The van der Waals surface area contributed by atoms with Gasteiger partial charge in [0.25, 0.3) is 0 Å². The molecule has 1 N–H and O–H groups in total. The molecule has 0 radical (unpaired) electrons. The third-order valence-corrected chi connectivity index (χ3v) is 3.33. The molecule has 2 aromatic heterocycles. The zero-order valence-corrected chi connectivity index (χ0v) is 12.6. The van der Waals surface area contributed by atoms with Crippen molar-refractivity contribution in [3.63, 3.8) is 0 Å². The van der Waals surface area contributed by atoms with Crippen molar-refractivity contribution < 1.29 is 0 Å². The lowest BCUT2D eigenvalue weighted by Crippen LogP contribution is -2.27. The lowest BCUT2D eigenvalue weighted by Gasteiger charge is -2.20. The minimum absolute atomic E-state index is 0.0560. The van der Waals surface area contributed by atoms with Crippen LogP contribution in [0.4, 0.5) is 0 Å². The maximum atomic E-state index is 6.34. The van der Waals surface area contributed by atoms with Crippen LogP contribution in [0.25, 0.3) is 0 Å². The molecule has 0 amide bonds. The van der Waals surface area contributed by atoms with E-state index in [4.69, 9.17) is 11.6 Å². The van der Waals surface area contributed by atoms with Crippen molar-refractivity contribution in [1.82, 2.24) is 25.1 Å². The van der Waals surface area contributed by atoms with Gasteiger partial charge in [-0.2, -0.15) is 5.10 Å². The van der Waals surface area contributed by atoms with E-state index >= 15 is 0 Å². The predicted octanol–water partition coefficient (Wildman–Crippen LogP) is 2.83. The van der Waals surface area contributed by atoms with Gasteiger partial charge in [-0.3, -0.25) is 4.68 Å². The lowest BCUT2D eigenvalue weighted by atomic mass is 10.1. The normalized spacial score (nSPS) is 12.6. The van der Waals surface area contributed by atoms with E-state index in [1.807, 2.05) is 10.7 Å². The topological polar surface area (TPSA) is 55.6 Å².